The maximum absolute atomic E-state index is 11.9. The fraction of sp³-hybridized carbons (Fsp3) is 0.417. The topological polar surface area (TPSA) is 61.4 Å². The predicted molar refractivity (Wildman–Crippen MR) is 68.6 cm³/mol. The van der Waals surface area contributed by atoms with Crippen LogP contribution in [0.3, 0.4) is 0 Å². The van der Waals surface area contributed by atoms with Crippen LogP contribution in [0.1, 0.15) is 29.6 Å². The molecule has 1 heterocycles. The first-order valence-corrected chi connectivity index (χ1v) is 6.03. The van der Waals surface area contributed by atoms with Crippen LogP contribution in [0.2, 0.25) is 0 Å². The molecule has 3 N–H and O–H groups in total. The van der Waals surface area contributed by atoms with Crippen molar-refractivity contribution < 1.29 is 9.82 Å². The number of benzene rings is 1. The first kappa shape index (κ1) is 12.1. The SMILES string of the molecule is O=C(NC1CCCCN1)c1ccc(BO)cc1. The van der Waals surface area contributed by atoms with Crippen LogP contribution in [-0.2, 0) is 0 Å². The van der Waals surface area contributed by atoms with E-state index in [0.29, 0.717) is 5.56 Å². The van der Waals surface area contributed by atoms with E-state index < -0.39 is 0 Å². The lowest BCUT2D eigenvalue weighted by Crippen LogP contribution is -2.47. The molecule has 1 fully saturated rings. The van der Waals surface area contributed by atoms with Crippen LogP contribution in [0, 0.1) is 0 Å². The summed E-state index contributed by atoms with van der Waals surface area (Å²) < 4.78 is 0. The normalized spacial score (nSPS) is 19.7. The summed E-state index contributed by atoms with van der Waals surface area (Å²) in [6, 6.07) is 7.01. The van der Waals surface area contributed by atoms with Crippen LogP contribution in [-0.4, -0.2) is 31.1 Å². The highest BCUT2D eigenvalue weighted by Gasteiger charge is 2.15. The van der Waals surface area contributed by atoms with Gasteiger partial charge in [-0.25, -0.2) is 0 Å². The monoisotopic (exact) mass is 232 g/mol. The van der Waals surface area contributed by atoms with Crippen LogP contribution in [0.4, 0.5) is 0 Å². The molecule has 4 nitrogen and oxygen atoms in total. The molecule has 1 saturated heterocycles. The van der Waals surface area contributed by atoms with E-state index in [1.54, 1.807) is 24.3 Å². The first-order valence-electron chi connectivity index (χ1n) is 6.03. The lowest BCUT2D eigenvalue weighted by molar-refractivity contribution is 0.0921. The molecule has 0 aliphatic carbocycles. The van der Waals surface area contributed by atoms with Crippen LogP contribution in [0.5, 0.6) is 0 Å². The number of carbonyl (C=O) groups excluding carboxylic acids is 1. The number of hydrogen-bond acceptors (Lipinski definition) is 3. The van der Waals surface area contributed by atoms with E-state index in [1.165, 1.54) is 6.42 Å². The third-order valence-corrected chi connectivity index (χ3v) is 3.01. The van der Waals surface area contributed by atoms with E-state index in [0.717, 1.165) is 24.8 Å². The Labute approximate surface area is 102 Å². The Morgan fingerprint density at radius 1 is 1.35 bits per heavy atom. The van der Waals surface area contributed by atoms with E-state index in [1.807, 2.05) is 0 Å². The molecule has 1 aliphatic rings. The van der Waals surface area contributed by atoms with Gasteiger partial charge in [0.1, 0.15) is 0 Å². The molecule has 2 rings (SSSR count). The molecule has 0 spiro atoms. The maximum atomic E-state index is 11.9. The Morgan fingerprint density at radius 3 is 2.71 bits per heavy atom. The average Bonchev–Trinajstić information content (AvgIpc) is 2.40. The van der Waals surface area contributed by atoms with E-state index in [-0.39, 0.29) is 19.6 Å². The van der Waals surface area contributed by atoms with Crippen molar-refractivity contribution in [3.63, 3.8) is 0 Å². The minimum atomic E-state index is -0.0612. The Balaban J connectivity index is 1.93. The summed E-state index contributed by atoms with van der Waals surface area (Å²) >= 11 is 0. The second-order valence-corrected chi connectivity index (χ2v) is 4.33. The number of nitrogens with one attached hydrogen (secondary N) is 2. The number of rotatable bonds is 3. The number of amides is 1. The van der Waals surface area contributed by atoms with E-state index in [9.17, 15) is 4.79 Å². The second kappa shape index (κ2) is 5.84. The molecule has 5 heteroatoms. The molecule has 0 aromatic heterocycles. The standard InChI is InChI=1S/C12H17BN2O2/c16-12(15-11-3-1-2-8-14-11)9-4-6-10(13-17)7-5-9/h4-7,11,13-14,17H,1-3,8H2,(H,15,16). The van der Waals surface area contributed by atoms with Gasteiger partial charge in [0.2, 0.25) is 0 Å². The highest BCUT2D eigenvalue weighted by molar-refractivity contribution is 6.45. The number of carbonyl (C=O) groups is 1. The van der Waals surface area contributed by atoms with Gasteiger partial charge >= 0.3 is 7.48 Å². The summed E-state index contributed by atoms with van der Waals surface area (Å²) in [5.74, 6) is -0.0612. The zero-order valence-corrected chi connectivity index (χ0v) is 9.78. The van der Waals surface area contributed by atoms with Gasteiger partial charge < -0.3 is 10.3 Å². The summed E-state index contributed by atoms with van der Waals surface area (Å²) in [5, 5.41) is 15.1. The van der Waals surface area contributed by atoms with E-state index >= 15 is 0 Å². The lowest BCUT2D eigenvalue weighted by atomic mass is 9.88. The van der Waals surface area contributed by atoms with Crippen molar-refractivity contribution in [2.24, 2.45) is 0 Å². The van der Waals surface area contributed by atoms with E-state index in [4.69, 9.17) is 5.02 Å². The van der Waals surface area contributed by atoms with Gasteiger partial charge in [-0.15, -0.1) is 0 Å². The summed E-state index contributed by atoms with van der Waals surface area (Å²) in [6.07, 6.45) is 3.41. The molecule has 0 radical (unpaired) electrons. The zero-order chi connectivity index (χ0) is 12.1. The van der Waals surface area contributed by atoms with Crippen molar-refractivity contribution in [1.82, 2.24) is 10.6 Å². The van der Waals surface area contributed by atoms with Crippen molar-refractivity contribution in [3.8, 4) is 0 Å². The first-order chi connectivity index (χ1) is 8.29. The summed E-state index contributed by atoms with van der Waals surface area (Å²) in [4.78, 5) is 11.9. The minimum absolute atomic E-state index is 0.00603. The zero-order valence-electron chi connectivity index (χ0n) is 9.78. The largest absolute Gasteiger partial charge is 0.449 e. The van der Waals surface area contributed by atoms with E-state index in [2.05, 4.69) is 10.6 Å². The van der Waals surface area contributed by atoms with Crippen molar-refractivity contribution >= 4 is 18.9 Å². The number of piperidine rings is 1. The Bertz CT molecular complexity index is 375. The van der Waals surface area contributed by atoms with Gasteiger partial charge in [0.15, 0.2) is 0 Å². The smallest absolute Gasteiger partial charge is 0.304 e. The summed E-state index contributed by atoms with van der Waals surface area (Å²) in [7, 11) is 0.00603. The molecular weight excluding hydrogens is 215 g/mol. The molecule has 1 aromatic rings. The highest BCUT2D eigenvalue weighted by Crippen LogP contribution is 2.05. The summed E-state index contributed by atoms with van der Waals surface area (Å²) in [6.45, 7) is 0.967. The quantitative estimate of drug-likeness (QED) is 0.615. The lowest BCUT2D eigenvalue weighted by Gasteiger charge is -2.24. The van der Waals surface area contributed by atoms with Gasteiger partial charge in [-0.1, -0.05) is 17.6 Å². The fourth-order valence-corrected chi connectivity index (χ4v) is 1.98. The number of hydrogen-bond donors (Lipinski definition) is 3. The average molecular weight is 232 g/mol. The molecule has 1 amide bonds. The molecule has 1 aromatic carbocycles. The highest BCUT2D eigenvalue weighted by atomic mass is 16.2. The van der Waals surface area contributed by atoms with Gasteiger partial charge in [-0.3, -0.25) is 10.1 Å². The van der Waals surface area contributed by atoms with Gasteiger partial charge in [-0.2, -0.15) is 0 Å². The molecule has 1 atom stereocenters. The molecule has 90 valence electrons. The van der Waals surface area contributed by atoms with Crippen molar-refractivity contribution in [1.29, 1.82) is 0 Å². The van der Waals surface area contributed by atoms with Crippen molar-refractivity contribution in [3.05, 3.63) is 29.8 Å². The third kappa shape index (κ3) is 3.31. The van der Waals surface area contributed by atoms with Crippen LogP contribution < -0.4 is 16.1 Å². The van der Waals surface area contributed by atoms with Crippen LogP contribution in [0.25, 0.3) is 0 Å². The molecule has 1 unspecified atom stereocenters. The van der Waals surface area contributed by atoms with Gasteiger partial charge in [0.25, 0.3) is 5.91 Å². The predicted octanol–water partition coefficient (Wildman–Crippen LogP) is -0.515. The molecule has 1 aliphatic heterocycles. The Hall–Kier alpha value is -1.33. The van der Waals surface area contributed by atoms with Crippen LogP contribution >= 0.6 is 0 Å². The maximum Gasteiger partial charge on any atom is 0.304 e. The summed E-state index contributed by atoms with van der Waals surface area (Å²) in [5.41, 5.74) is 1.45. The second-order valence-electron chi connectivity index (χ2n) is 4.33. The fourth-order valence-electron chi connectivity index (χ4n) is 1.98. The molecular formula is C12H17BN2O2. The third-order valence-electron chi connectivity index (χ3n) is 3.01. The molecule has 0 bridgehead atoms. The van der Waals surface area contributed by atoms with Crippen molar-refractivity contribution in [2.45, 2.75) is 25.4 Å². The van der Waals surface area contributed by atoms with Gasteiger partial charge in [0, 0.05) is 5.56 Å². The minimum Gasteiger partial charge on any atom is -0.449 e. The van der Waals surface area contributed by atoms with Crippen LogP contribution in [0.15, 0.2) is 24.3 Å². The molecule has 0 saturated carbocycles. The van der Waals surface area contributed by atoms with Crippen molar-refractivity contribution in [2.75, 3.05) is 6.54 Å². The Kier molecular flexibility index (Phi) is 4.17. The molecule has 17 heavy (non-hydrogen) atoms. The van der Waals surface area contributed by atoms with Gasteiger partial charge in [-0.05, 0) is 37.9 Å². The Morgan fingerprint density at radius 2 is 2.12 bits per heavy atom. The van der Waals surface area contributed by atoms with Gasteiger partial charge in [0.05, 0.1) is 6.17 Å².